The second-order valence-corrected chi connectivity index (χ2v) is 8.18. The number of nitrogens with one attached hydrogen (secondary N) is 1. The van der Waals surface area contributed by atoms with Gasteiger partial charge in [0.25, 0.3) is 5.91 Å². The van der Waals surface area contributed by atoms with Crippen molar-refractivity contribution < 1.29 is 17.6 Å². The van der Waals surface area contributed by atoms with Crippen molar-refractivity contribution in [3.05, 3.63) is 64.4 Å². The van der Waals surface area contributed by atoms with Gasteiger partial charge in [-0.2, -0.15) is 4.31 Å². The lowest BCUT2D eigenvalue weighted by atomic mass is 10.1. The maximum absolute atomic E-state index is 13.2. The molecule has 0 heterocycles. The molecule has 146 valence electrons. The fourth-order valence-corrected chi connectivity index (χ4v) is 4.62. The third-order valence-electron chi connectivity index (χ3n) is 4.10. The number of hydrogen-bond donors (Lipinski definition) is 1. The Morgan fingerprint density at radius 2 is 1.85 bits per heavy atom. The largest absolute Gasteiger partial charge is 0.352 e. The molecule has 1 amide bonds. The molecule has 5 nitrogen and oxygen atoms in total. The monoisotopic (exact) mass is 412 g/mol. The van der Waals surface area contributed by atoms with Crippen molar-refractivity contribution in [1.29, 1.82) is 0 Å². The number of sulfonamides is 1. The minimum Gasteiger partial charge on any atom is -0.352 e. The van der Waals surface area contributed by atoms with E-state index < -0.39 is 15.9 Å². The van der Waals surface area contributed by atoms with Gasteiger partial charge in [0.05, 0.1) is 5.02 Å². The van der Waals surface area contributed by atoms with Gasteiger partial charge in [-0.25, -0.2) is 12.8 Å². The first kappa shape index (κ1) is 21.3. The molecule has 0 aliphatic heterocycles. The van der Waals surface area contributed by atoms with Crippen molar-refractivity contribution in [3.63, 3.8) is 0 Å². The number of amides is 1. The van der Waals surface area contributed by atoms with E-state index in [1.807, 2.05) is 0 Å². The van der Waals surface area contributed by atoms with Crippen molar-refractivity contribution in [2.75, 3.05) is 19.6 Å². The van der Waals surface area contributed by atoms with Gasteiger partial charge in [0.2, 0.25) is 10.0 Å². The van der Waals surface area contributed by atoms with Gasteiger partial charge in [0, 0.05) is 25.2 Å². The van der Waals surface area contributed by atoms with Gasteiger partial charge < -0.3 is 5.32 Å². The number of benzene rings is 2. The van der Waals surface area contributed by atoms with Crippen LogP contribution in [0.5, 0.6) is 0 Å². The number of carbonyl (C=O) groups excluding carboxylic acids is 1. The minimum atomic E-state index is -3.78. The van der Waals surface area contributed by atoms with E-state index in [2.05, 4.69) is 5.32 Å². The molecule has 0 radical (unpaired) electrons. The molecule has 0 aromatic heterocycles. The van der Waals surface area contributed by atoms with Gasteiger partial charge in [-0.15, -0.1) is 0 Å². The van der Waals surface area contributed by atoms with E-state index in [4.69, 9.17) is 11.6 Å². The van der Waals surface area contributed by atoms with E-state index in [-0.39, 0.29) is 21.3 Å². The summed E-state index contributed by atoms with van der Waals surface area (Å²) in [6, 6.07) is 10.3. The number of carbonyl (C=O) groups is 1. The Labute approximate surface area is 164 Å². The van der Waals surface area contributed by atoms with Gasteiger partial charge in [-0.3, -0.25) is 4.79 Å². The van der Waals surface area contributed by atoms with Crippen LogP contribution in [0, 0.1) is 5.82 Å². The molecule has 0 fully saturated rings. The first-order valence-electron chi connectivity index (χ1n) is 8.62. The SMILES string of the molecule is CCN(CC)S(=O)(=O)c1cc(C(=O)NCCc2cccc(F)c2)ccc1Cl. The van der Waals surface area contributed by atoms with E-state index in [0.717, 1.165) is 5.56 Å². The van der Waals surface area contributed by atoms with E-state index in [9.17, 15) is 17.6 Å². The summed E-state index contributed by atoms with van der Waals surface area (Å²) in [5.41, 5.74) is 0.959. The van der Waals surface area contributed by atoms with Crippen LogP contribution in [0.2, 0.25) is 5.02 Å². The second kappa shape index (κ2) is 9.30. The van der Waals surface area contributed by atoms with Crippen LogP contribution in [0.1, 0.15) is 29.8 Å². The molecule has 1 N–H and O–H groups in total. The standard InChI is InChI=1S/C19H22ClFN2O3S/c1-3-23(4-2)27(25,26)18-13-15(8-9-17(18)20)19(24)22-11-10-14-6-5-7-16(21)12-14/h5-9,12-13H,3-4,10-11H2,1-2H3,(H,22,24). The van der Waals surface area contributed by atoms with Crippen molar-refractivity contribution in [2.24, 2.45) is 0 Å². The Morgan fingerprint density at radius 3 is 2.48 bits per heavy atom. The number of hydrogen-bond acceptors (Lipinski definition) is 3. The molecule has 0 unspecified atom stereocenters. The summed E-state index contributed by atoms with van der Waals surface area (Å²) in [5.74, 6) is -0.748. The van der Waals surface area contributed by atoms with Gasteiger partial charge in [0.15, 0.2) is 0 Å². The fraction of sp³-hybridized carbons (Fsp3) is 0.316. The zero-order valence-corrected chi connectivity index (χ0v) is 16.8. The highest BCUT2D eigenvalue weighted by atomic mass is 35.5. The average molecular weight is 413 g/mol. The molecule has 2 aromatic rings. The van der Waals surface area contributed by atoms with Crippen LogP contribution in [0.15, 0.2) is 47.4 Å². The van der Waals surface area contributed by atoms with E-state index >= 15 is 0 Å². The summed E-state index contributed by atoms with van der Waals surface area (Å²) in [5, 5.41) is 2.78. The lowest BCUT2D eigenvalue weighted by Gasteiger charge is -2.19. The van der Waals surface area contributed by atoms with Gasteiger partial charge in [-0.05, 0) is 42.3 Å². The molecule has 2 rings (SSSR count). The van der Waals surface area contributed by atoms with Crippen molar-refractivity contribution in [2.45, 2.75) is 25.2 Å². The zero-order valence-electron chi connectivity index (χ0n) is 15.2. The van der Waals surface area contributed by atoms with Crippen LogP contribution in [0.4, 0.5) is 4.39 Å². The molecule has 8 heteroatoms. The molecule has 0 aliphatic carbocycles. The first-order valence-corrected chi connectivity index (χ1v) is 10.4. The summed E-state index contributed by atoms with van der Waals surface area (Å²) < 4.78 is 39.8. The molecule has 0 aliphatic rings. The predicted molar refractivity (Wildman–Crippen MR) is 104 cm³/mol. The van der Waals surface area contributed by atoms with Gasteiger partial charge in [0.1, 0.15) is 10.7 Å². The Morgan fingerprint density at radius 1 is 1.15 bits per heavy atom. The Balaban J connectivity index is 2.13. The smallest absolute Gasteiger partial charge is 0.251 e. The maximum Gasteiger partial charge on any atom is 0.251 e. The highest BCUT2D eigenvalue weighted by Gasteiger charge is 2.25. The average Bonchev–Trinajstić information content (AvgIpc) is 2.62. The molecule has 0 saturated heterocycles. The van der Waals surface area contributed by atoms with Crippen LogP contribution in [0.3, 0.4) is 0 Å². The number of rotatable bonds is 8. The Bertz CT molecular complexity index is 915. The highest BCUT2D eigenvalue weighted by Crippen LogP contribution is 2.25. The number of halogens is 2. The van der Waals surface area contributed by atoms with Gasteiger partial charge >= 0.3 is 0 Å². The van der Waals surface area contributed by atoms with Crippen LogP contribution in [-0.4, -0.2) is 38.3 Å². The lowest BCUT2D eigenvalue weighted by Crippen LogP contribution is -2.31. The first-order chi connectivity index (χ1) is 12.8. The minimum absolute atomic E-state index is 0.0678. The molecular weight excluding hydrogens is 391 g/mol. The van der Waals surface area contributed by atoms with Crippen LogP contribution < -0.4 is 5.32 Å². The maximum atomic E-state index is 13.2. The molecule has 0 atom stereocenters. The topological polar surface area (TPSA) is 66.5 Å². The summed E-state index contributed by atoms with van der Waals surface area (Å²) in [7, 11) is -3.78. The predicted octanol–water partition coefficient (Wildman–Crippen LogP) is 3.48. The van der Waals surface area contributed by atoms with Gasteiger partial charge in [-0.1, -0.05) is 37.6 Å². The van der Waals surface area contributed by atoms with Crippen molar-refractivity contribution in [3.8, 4) is 0 Å². The third kappa shape index (κ3) is 5.28. The summed E-state index contributed by atoms with van der Waals surface area (Å²) in [6.07, 6.45) is 0.460. The van der Waals surface area contributed by atoms with E-state index in [1.54, 1.807) is 26.0 Å². The van der Waals surface area contributed by atoms with E-state index in [0.29, 0.717) is 26.1 Å². The van der Waals surface area contributed by atoms with Crippen molar-refractivity contribution in [1.82, 2.24) is 9.62 Å². The summed E-state index contributed by atoms with van der Waals surface area (Å²) in [4.78, 5) is 12.3. The quantitative estimate of drug-likeness (QED) is 0.721. The Hall–Kier alpha value is -1.96. The molecule has 0 bridgehead atoms. The van der Waals surface area contributed by atoms with Crippen molar-refractivity contribution >= 4 is 27.5 Å². The van der Waals surface area contributed by atoms with Crippen LogP contribution in [-0.2, 0) is 16.4 Å². The van der Waals surface area contributed by atoms with E-state index in [1.165, 1.54) is 34.6 Å². The summed E-state index contributed by atoms with van der Waals surface area (Å²) >= 11 is 6.07. The lowest BCUT2D eigenvalue weighted by molar-refractivity contribution is 0.0954. The number of nitrogens with zero attached hydrogens (tertiary/aromatic N) is 1. The summed E-state index contributed by atoms with van der Waals surface area (Å²) in [6.45, 7) is 4.37. The molecule has 0 saturated carbocycles. The fourth-order valence-electron chi connectivity index (χ4n) is 2.66. The van der Waals surface area contributed by atoms with Crippen LogP contribution in [0.25, 0.3) is 0 Å². The van der Waals surface area contributed by atoms with Crippen LogP contribution >= 0.6 is 11.6 Å². The normalized spacial score (nSPS) is 11.6. The third-order valence-corrected chi connectivity index (χ3v) is 6.64. The molecule has 2 aromatic carbocycles. The molecular formula is C19H22ClFN2O3S. The Kier molecular flexibility index (Phi) is 7.35. The molecule has 0 spiro atoms. The molecule has 27 heavy (non-hydrogen) atoms. The second-order valence-electron chi connectivity index (χ2n) is 5.87. The highest BCUT2D eigenvalue weighted by molar-refractivity contribution is 7.89. The zero-order chi connectivity index (χ0) is 20.0.